The van der Waals surface area contributed by atoms with Crippen LogP contribution in [0.3, 0.4) is 0 Å². The van der Waals surface area contributed by atoms with E-state index in [9.17, 15) is 14.9 Å². The zero-order valence-corrected chi connectivity index (χ0v) is 8.24. The highest BCUT2D eigenvalue weighted by molar-refractivity contribution is 5.82. The molecular formula is C11H8N2O3. The van der Waals surface area contributed by atoms with E-state index in [2.05, 4.69) is 0 Å². The number of hydrogen-bond acceptors (Lipinski definition) is 3. The molecule has 1 aromatic heterocycles. The van der Waals surface area contributed by atoms with Crippen molar-refractivity contribution in [3.63, 3.8) is 0 Å². The molecule has 2 aromatic rings. The Balaban J connectivity index is 2.56. The summed E-state index contributed by atoms with van der Waals surface area (Å²) in [4.78, 5) is 20.9. The summed E-state index contributed by atoms with van der Waals surface area (Å²) in [6.07, 6.45) is 4.16. The van der Waals surface area contributed by atoms with Gasteiger partial charge >= 0.3 is 0 Å². The van der Waals surface area contributed by atoms with E-state index in [1.807, 2.05) is 12.1 Å². The zero-order valence-electron chi connectivity index (χ0n) is 8.24. The van der Waals surface area contributed by atoms with Crippen molar-refractivity contribution in [2.75, 3.05) is 0 Å². The normalized spacial score (nSPS) is 10.0. The van der Waals surface area contributed by atoms with Gasteiger partial charge in [-0.05, 0) is 18.2 Å². The Morgan fingerprint density at radius 1 is 1.25 bits per heavy atom. The maximum Gasteiger partial charge on any atom is 0.270 e. The highest BCUT2D eigenvalue weighted by atomic mass is 16.6. The summed E-state index contributed by atoms with van der Waals surface area (Å²) in [5, 5.41) is 10.5. The van der Waals surface area contributed by atoms with Crippen LogP contribution in [0, 0.1) is 10.1 Å². The second-order valence-corrected chi connectivity index (χ2v) is 3.21. The van der Waals surface area contributed by atoms with Gasteiger partial charge in [-0.2, -0.15) is 0 Å². The van der Waals surface area contributed by atoms with E-state index in [1.165, 1.54) is 12.1 Å². The summed E-state index contributed by atoms with van der Waals surface area (Å²) in [5.41, 5.74) is 0.842. The van der Waals surface area contributed by atoms with Crippen molar-refractivity contribution >= 4 is 12.0 Å². The third kappa shape index (κ3) is 1.70. The van der Waals surface area contributed by atoms with Crippen LogP contribution in [0.4, 0.5) is 5.69 Å². The number of hydrogen-bond donors (Lipinski definition) is 0. The molecule has 0 atom stereocenters. The van der Waals surface area contributed by atoms with Crippen LogP contribution in [0.1, 0.15) is 10.4 Å². The van der Waals surface area contributed by atoms with Gasteiger partial charge in [-0.1, -0.05) is 0 Å². The summed E-state index contributed by atoms with van der Waals surface area (Å²) in [6, 6.07) is 7.83. The van der Waals surface area contributed by atoms with Crippen LogP contribution in [-0.2, 0) is 0 Å². The molecule has 16 heavy (non-hydrogen) atoms. The first-order valence-corrected chi connectivity index (χ1v) is 4.59. The first-order valence-electron chi connectivity index (χ1n) is 4.59. The SMILES string of the molecule is O=Cc1cc([N+](=O)[O-])ccc1-n1cccc1. The molecule has 0 bridgehead atoms. The van der Waals surface area contributed by atoms with Gasteiger partial charge < -0.3 is 4.57 Å². The van der Waals surface area contributed by atoms with Gasteiger partial charge in [0.25, 0.3) is 5.69 Å². The number of nitrogens with zero attached hydrogens (tertiary/aromatic N) is 2. The van der Waals surface area contributed by atoms with Gasteiger partial charge in [0, 0.05) is 30.1 Å². The number of non-ortho nitro benzene ring substituents is 1. The summed E-state index contributed by atoms with van der Waals surface area (Å²) >= 11 is 0. The molecule has 0 radical (unpaired) electrons. The predicted octanol–water partition coefficient (Wildman–Crippen LogP) is 2.20. The molecule has 1 aromatic carbocycles. The molecule has 0 aliphatic carbocycles. The number of aromatic nitrogens is 1. The second kappa shape index (κ2) is 3.98. The summed E-state index contributed by atoms with van der Waals surface area (Å²) in [6.45, 7) is 0. The molecule has 0 saturated heterocycles. The monoisotopic (exact) mass is 216 g/mol. The Hall–Kier alpha value is -2.43. The lowest BCUT2D eigenvalue weighted by Gasteiger charge is -2.05. The number of nitro groups is 1. The Morgan fingerprint density at radius 2 is 1.94 bits per heavy atom. The average Bonchev–Trinajstić information content (AvgIpc) is 2.81. The maximum absolute atomic E-state index is 10.9. The van der Waals surface area contributed by atoms with E-state index >= 15 is 0 Å². The standard InChI is InChI=1S/C11H8N2O3/c14-8-9-7-10(13(15)16)3-4-11(9)12-5-1-2-6-12/h1-8H. The molecular weight excluding hydrogens is 208 g/mol. The lowest BCUT2D eigenvalue weighted by atomic mass is 10.1. The van der Waals surface area contributed by atoms with Gasteiger partial charge in [0.1, 0.15) is 0 Å². The second-order valence-electron chi connectivity index (χ2n) is 3.21. The van der Waals surface area contributed by atoms with E-state index in [0.29, 0.717) is 17.5 Å². The smallest absolute Gasteiger partial charge is 0.270 e. The molecule has 2 rings (SSSR count). The van der Waals surface area contributed by atoms with Crippen molar-refractivity contribution in [2.45, 2.75) is 0 Å². The van der Waals surface area contributed by atoms with E-state index < -0.39 is 4.92 Å². The van der Waals surface area contributed by atoms with E-state index in [4.69, 9.17) is 0 Å². The van der Waals surface area contributed by atoms with E-state index in [1.54, 1.807) is 23.0 Å². The lowest BCUT2D eigenvalue weighted by Crippen LogP contribution is -1.98. The van der Waals surface area contributed by atoms with Crippen molar-refractivity contribution < 1.29 is 9.72 Å². The van der Waals surface area contributed by atoms with Crippen LogP contribution in [-0.4, -0.2) is 15.8 Å². The summed E-state index contributed by atoms with van der Waals surface area (Å²) in [7, 11) is 0. The number of rotatable bonds is 3. The molecule has 0 N–H and O–H groups in total. The molecule has 0 unspecified atom stereocenters. The van der Waals surface area contributed by atoms with Crippen LogP contribution >= 0.6 is 0 Å². The molecule has 0 aliphatic rings. The van der Waals surface area contributed by atoms with Crippen LogP contribution in [0.2, 0.25) is 0 Å². The third-order valence-corrected chi connectivity index (χ3v) is 2.23. The maximum atomic E-state index is 10.9. The van der Waals surface area contributed by atoms with E-state index in [-0.39, 0.29) is 5.69 Å². The van der Waals surface area contributed by atoms with Gasteiger partial charge in [0.15, 0.2) is 6.29 Å². The van der Waals surface area contributed by atoms with Crippen molar-refractivity contribution in [2.24, 2.45) is 0 Å². The molecule has 0 amide bonds. The quantitative estimate of drug-likeness (QED) is 0.448. The van der Waals surface area contributed by atoms with Crippen LogP contribution in [0.5, 0.6) is 0 Å². The fraction of sp³-hybridized carbons (Fsp3) is 0. The molecule has 5 heteroatoms. The van der Waals surface area contributed by atoms with Crippen molar-refractivity contribution in [3.05, 3.63) is 58.4 Å². The molecule has 5 nitrogen and oxygen atoms in total. The molecule has 0 aliphatic heterocycles. The fourth-order valence-corrected chi connectivity index (χ4v) is 1.48. The minimum atomic E-state index is -0.521. The zero-order chi connectivity index (χ0) is 11.5. The molecule has 80 valence electrons. The van der Waals surface area contributed by atoms with Gasteiger partial charge in [-0.25, -0.2) is 0 Å². The Bertz CT molecular complexity index is 532. The molecule has 0 fully saturated rings. The lowest BCUT2D eigenvalue weighted by molar-refractivity contribution is -0.384. The highest BCUT2D eigenvalue weighted by Crippen LogP contribution is 2.19. The van der Waals surface area contributed by atoms with Crippen LogP contribution < -0.4 is 0 Å². The predicted molar refractivity (Wildman–Crippen MR) is 57.8 cm³/mol. The van der Waals surface area contributed by atoms with Gasteiger partial charge in [0.2, 0.25) is 0 Å². The van der Waals surface area contributed by atoms with Crippen LogP contribution in [0.15, 0.2) is 42.7 Å². The molecule has 0 spiro atoms. The van der Waals surface area contributed by atoms with Crippen LogP contribution in [0.25, 0.3) is 5.69 Å². The van der Waals surface area contributed by atoms with Crippen molar-refractivity contribution in [3.8, 4) is 5.69 Å². The summed E-state index contributed by atoms with van der Waals surface area (Å²) in [5.74, 6) is 0. The number of nitro benzene ring substituents is 1. The topological polar surface area (TPSA) is 65.1 Å². The Morgan fingerprint density at radius 3 is 2.50 bits per heavy atom. The van der Waals surface area contributed by atoms with Crippen molar-refractivity contribution in [1.82, 2.24) is 4.57 Å². The average molecular weight is 216 g/mol. The number of carbonyl (C=O) groups excluding carboxylic acids is 1. The highest BCUT2D eigenvalue weighted by Gasteiger charge is 2.10. The first-order chi connectivity index (χ1) is 7.72. The van der Waals surface area contributed by atoms with Crippen molar-refractivity contribution in [1.29, 1.82) is 0 Å². The minimum Gasteiger partial charge on any atom is -0.323 e. The minimum absolute atomic E-state index is 0.0852. The Kier molecular flexibility index (Phi) is 2.51. The Labute approximate surface area is 91.1 Å². The molecule has 0 saturated carbocycles. The number of carbonyl (C=O) groups is 1. The third-order valence-electron chi connectivity index (χ3n) is 2.23. The number of aldehydes is 1. The van der Waals surface area contributed by atoms with Gasteiger partial charge in [-0.15, -0.1) is 0 Å². The van der Waals surface area contributed by atoms with Gasteiger partial charge in [-0.3, -0.25) is 14.9 Å². The first kappa shape index (κ1) is 10.1. The largest absolute Gasteiger partial charge is 0.323 e. The van der Waals surface area contributed by atoms with E-state index in [0.717, 1.165) is 0 Å². The number of benzene rings is 1. The van der Waals surface area contributed by atoms with Gasteiger partial charge in [0.05, 0.1) is 10.6 Å². The fourth-order valence-electron chi connectivity index (χ4n) is 1.48. The summed E-state index contributed by atoms with van der Waals surface area (Å²) < 4.78 is 1.73. The molecule has 1 heterocycles.